The number of nitrogens with zero attached hydrogens (tertiary/aromatic N) is 2. The fourth-order valence-corrected chi connectivity index (χ4v) is 6.72. The van der Waals surface area contributed by atoms with Gasteiger partial charge in [-0.1, -0.05) is 32.0 Å². The van der Waals surface area contributed by atoms with Gasteiger partial charge < -0.3 is 14.8 Å². The molecule has 13 heteroatoms. The molecule has 39 heavy (non-hydrogen) atoms. The number of carbonyl (C=O) groups is 2. The van der Waals surface area contributed by atoms with Gasteiger partial charge in [0.25, 0.3) is 5.91 Å². The van der Waals surface area contributed by atoms with E-state index in [1.165, 1.54) is 39.0 Å². The maximum atomic E-state index is 12.9. The average Bonchev–Trinajstić information content (AvgIpc) is 2.93. The number of hydrogen-bond acceptors (Lipinski definition) is 8. The number of benzene rings is 2. The van der Waals surface area contributed by atoms with Gasteiger partial charge in [0.1, 0.15) is 0 Å². The van der Waals surface area contributed by atoms with E-state index in [0.717, 1.165) is 6.08 Å². The van der Waals surface area contributed by atoms with Gasteiger partial charge >= 0.3 is 5.97 Å². The SMILES string of the molecule is CCN(CC)S(=O)(=O)c1ccc(/C=C/C(=O)OCC(=O)Nc2cc(S(=O)(=O)N3CCOCC3)ccc2C)cc1. The first-order chi connectivity index (χ1) is 18.5. The Balaban J connectivity index is 1.57. The molecule has 1 amide bonds. The summed E-state index contributed by atoms with van der Waals surface area (Å²) in [5, 5.41) is 2.58. The van der Waals surface area contributed by atoms with Gasteiger partial charge in [-0.2, -0.15) is 8.61 Å². The van der Waals surface area contributed by atoms with Crippen molar-refractivity contribution >= 4 is 43.7 Å². The van der Waals surface area contributed by atoms with Crippen LogP contribution in [0.2, 0.25) is 0 Å². The van der Waals surface area contributed by atoms with Crippen LogP contribution in [0.4, 0.5) is 5.69 Å². The number of aryl methyl sites for hydroxylation is 1. The van der Waals surface area contributed by atoms with Crippen molar-refractivity contribution in [1.82, 2.24) is 8.61 Å². The highest BCUT2D eigenvalue weighted by Crippen LogP contribution is 2.24. The van der Waals surface area contributed by atoms with Crippen molar-refractivity contribution in [2.75, 3.05) is 51.3 Å². The number of morpholine rings is 1. The van der Waals surface area contributed by atoms with Crippen molar-refractivity contribution in [3.05, 3.63) is 59.7 Å². The van der Waals surface area contributed by atoms with E-state index in [-0.39, 0.29) is 22.9 Å². The number of anilines is 1. The van der Waals surface area contributed by atoms with Crippen LogP contribution in [0.1, 0.15) is 25.0 Å². The molecule has 0 atom stereocenters. The van der Waals surface area contributed by atoms with Crippen molar-refractivity contribution in [2.24, 2.45) is 0 Å². The standard InChI is InChI=1S/C26H33N3O8S2/c1-4-28(5-2)38(32,33)22-11-7-21(8-12-22)9-13-26(31)37-19-25(30)27-24-18-23(10-6-20(24)3)39(34,35)29-14-16-36-17-15-29/h6-13,18H,4-5,14-17,19H2,1-3H3,(H,27,30)/b13-9+. The number of esters is 1. The van der Waals surface area contributed by atoms with Gasteiger partial charge in [-0.3, -0.25) is 4.79 Å². The minimum atomic E-state index is -3.74. The summed E-state index contributed by atoms with van der Waals surface area (Å²) in [4.78, 5) is 24.7. The fourth-order valence-electron chi connectivity index (χ4n) is 3.83. The molecule has 0 saturated carbocycles. The topological polar surface area (TPSA) is 139 Å². The maximum absolute atomic E-state index is 12.9. The summed E-state index contributed by atoms with van der Waals surface area (Å²) in [6.07, 6.45) is 2.57. The van der Waals surface area contributed by atoms with Gasteiger partial charge in [0.2, 0.25) is 20.0 Å². The van der Waals surface area contributed by atoms with E-state index < -0.39 is 38.5 Å². The zero-order chi connectivity index (χ0) is 28.6. The van der Waals surface area contributed by atoms with Crippen LogP contribution >= 0.6 is 0 Å². The van der Waals surface area contributed by atoms with Crippen molar-refractivity contribution in [2.45, 2.75) is 30.6 Å². The quantitative estimate of drug-likeness (QED) is 0.316. The number of ether oxygens (including phenoxy) is 2. The first-order valence-electron chi connectivity index (χ1n) is 12.4. The normalized spacial score (nSPS) is 15.0. The van der Waals surface area contributed by atoms with E-state index >= 15 is 0 Å². The molecule has 0 radical (unpaired) electrons. The first kappa shape index (κ1) is 30.4. The van der Waals surface area contributed by atoms with Crippen LogP contribution in [0.15, 0.2) is 58.3 Å². The van der Waals surface area contributed by atoms with E-state index in [9.17, 15) is 26.4 Å². The third-order valence-electron chi connectivity index (χ3n) is 6.07. The molecule has 212 valence electrons. The molecule has 0 unspecified atom stereocenters. The lowest BCUT2D eigenvalue weighted by atomic mass is 10.2. The lowest BCUT2D eigenvalue weighted by Gasteiger charge is -2.26. The van der Waals surface area contributed by atoms with Crippen LogP contribution in [0, 0.1) is 6.92 Å². The molecular formula is C26H33N3O8S2. The Morgan fingerprint density at radius 2 is 1.62 bits per heavy atom. The van der Waals surface area contributed by atoms with Crippen LogP contribution in [0.3, 0.4) is 0 Å². The van der Waals surface area contributed by atoms with E-state index in [1.807, 2.05) is 0 Å². The second-order valence-electron chi connectivity index (χ2n) is 8.64. The molecule has 11 nitrogen and oxygen atoms in total. The van der Waals surface area contributed by atoms with Crippen molar-refractivity contribution < 1.29 is 35.9 Å². The Bertz CT molecular complexity index is 1410. The fraction of sp³-hybridized carbons (Fsp3) is 0.385. The van der Waals surface area contributed by atoms with Gasteiger partial charge in [-0.25, -0.2) is 21.6 Å². The number of sulfonamides is 2. The molecule has 3 rings (SSSR count). The van der Waals surface area contributed by atoms with Crippen LogP contribution in [-0.2, 0) is 39.1 Å². The number of rotatable bonds is 11. The van der Waals surface area contributed by atoms with E-state index in [4.69, 9.17) is 9.47 Å². The number of carbonyl (C=O) groups excluding carboxylic acids is 2. The Morgan fingerprint density at radius 1 is 1.00 bits per heavy atom. The van der Waals surface area contributed by atoms with E-state index in [2.05, 4.69) is 5.32 Å². The van der Waals surface area contributed by atoms with Crippen molar-refractivity contribution in [3.8, 4) is 0 Å². The average molecular weight is 580 g/mol. The molecule has 1 fully saturated rings. The molecule has 0 aromatic heterocycles. The van der Waals surface area contributed by atoms with Gasteiger partial charge in [-0.15, -0.1) is 0 Å². The smallest absolute Gasteiger partial charge is 0.331 e. The molecular weight excluding hydrogens is 546 g/mol. The summed E-state index contributed by atoms with van der Waals surface area (Å²) < 4.78 is 63.9. The molecule has 0 spiro atoms. The zero-order valence-electron chi connectivity index (χ0n) is 22.1. The van der Waals surface area contributed by atoms with Gasteiger partial charge in [-0.05, 0) is 48.4 Å². The van der Waals surface area contributed by atoms with Crippen molar-refractivity contribution in [3.63, 3.8) is 0 Å². The Morgan fingerprint density at radius 3 is 2.23 bits per heavy atom. The highest BCUT2D eigenvalue weighted by molar-refractivity contribution is 7.89. The maximum Gasteiger partial charge on any atom is 0.331 e. The van der Waals surface area contributed by atoms with Gasteiger partial charge in [0.05, 0.1) is 23.0 Å². The van der Waals surface area contributed by atoms with E-state index in [1.54, 1.807) is 39.0 Å². The highest BCUT2D eigenvalue weighted by Gasteiger charge is 2.27. The minimum absolute atomic E-state index is 0.0427. The third-order valence-corrected chi connectivity index (χ3v) is 10.0. The zero-order valence-corrected chi connectivity index (χ0v) is 23.8. The Kier molecular flexibility index (Phi) is 10.4. The van der Waals surface area contributed by atoms with Crippen LogP contribution in [-0.4, -0.2) is 83.3 Å². The molecule has 2 aromatic carbocycles. The molecule has 0 aliphatic carbocycles. The summed E-state index contributed by atoms with van der Waals surface area (Å²) in [7, 11) is -7.32. The second kappa shape index (κ2) is 13.3. The second-order valence-corrected chi connectivity index (χ2v) is 12.5. The van der Waals surface area contributed by atoms with Crippen LogP contribution in [0.25, 0.3) is 6.08 Å². The predicted molar refractivity (Wildman–Crippen MR) is 146 cm³/mol. The lowest BCUT2D eigenvalue weighted by Crippen LogP contribution is -2.40. The van der Waals surface area contributed by atoms with E-state index in [0.29, 0.717) is 43.1 Å². The number of nitrogens with one attached hydrogen (secondary N) is 1. The molecule has 2 aromatic rings. The van der Waals surface area contributed by atoms with Gasteiger partial charge in [0.15, 0.2) is 6.61 Å². The largest absolute Gasteiger partial charge is 0.452 e. The highest BCUT2D eigenvalue weighted by atomic mass is 32.2. The molecule has 1 N–H and O–H groups in total. The molecule has 1 heterocycles. The van der Waals surface area contributed by atoms with Crippen LogP contribution in [0.5, 0.6) is 0 Å². The van der Waals surface area contributed by atoms with Crippen molar-refractivity contribution in [1.29, 1.82) is 0 Å². The first-order valence-corrected chi connectivity index (χ1v) is 15.3. The third kappa shape index (κ3) is 7.73. The molecule has 1 saturated heterocycles. The van der Waals surface area contributed by atoms with Crippen LogP contribution < -0.4 is 5.32 Å². The predicted octanol–water partition coefficient (Wildman–Crippen LogP) is 2.24. The summed E-state index contributed by atoms with van der Waals surface area (Å²) >= 11 is 0. The molecule has 1 aliphatic heterocycles. The van der Waals surface area contributed by atoms with Gasteiger partial charge in [0, 0.05) is 37.9 Å². The summed E-state index contributed by atoms with van der Waals surface area (Å²) in [6.45, 7) is 6.52. The summed E-state index contributed by atoms with van der Waals surface area (Å²) in [6, 6.07) is 10.5. The summed E-state index contributed by atoms with van der Waals surface area (Å²) in [5.74, 6) is -1.41. The molecule has 0 bridgehead atoms. The Hall–Kier alpha value is -3.10. The molecule has 1 aliphatic rings. The Labute approximate surface area is 229 Å². The number of amides is 1. The monoisotopic (exact) mass is 579 g/mol. The number of hydrogen-bond donors (Lipinski definition) is 1. The lowest BCUT2D eigenvalue weighted by molar-refractivity contribution is -0.142. The minimum Gasteiger partial charge on any atom is -0.452 e. The summed E-state index contributed by atoms with van der Waals surface area (Å²) in [5.41, 5.74) is 1.51.